The Hall–Kier alpha value is -2.81. The van der Waals surface area contributed by atoms with E-state index in [4.69, 9.17) is 34.8 Å². The molecule has 0 bridgehead atoms. The average molecular weight is 603 g/mol. The van der Waals surface area contributed by atoms with E-state index in [0.29, 0.717) is 44.8 Å². The van der Waals surface area contributed by atoms with E-state index in [-0.39, 0.29) is 11.8 Å². The zero-order chi connectivity index (χ0) is 28.6. The van der Waals surface area contributed by atoms with Gasteiger partial charge in [-0.3, -0.25) is 14.5 Å². The van der Waals surface area contributed by atoms with E-state index in [2.05, 4.69) is 39.4 Å². The van der Waals surface area contributed by atoms with Gasteiger partial charge in [0.15, 0.2) is 0 Å². The van der Waals surface area contributed by atoms with Gasteiger partial charge >= 0.3 is 0 Å². The van der Waals surface area contributed by atoms with Crippen LogP contribution in [0.5, 0.6) is 0 Å². The highest BCUT2D eigenvalue weighted by atomic mass is 35.5. The summed E-state index contributed by atoms with van der Waals surface area (Å²) < 4.78 is 0. The Morgan fingerprint density at radius 2 is 1.57 bits per heavy atom. The maximum Gasteiger partial charge on any atom is 0.255 e. The van der Waals surface area contributed by atoms with Crippen LogP contribution in [0.4, 0.5) is 11.4 Å². The Morgan fingerprint density at radius 3 is 2.27 bits per heavy atom. The van der Waals surface area contributed by atoms with Crippen molar-refractivity contribution in [1.29, 1.82) is 0 Å². The van der Waals surface area contributed by atoms with Gasteiger partial charge in [0.25, 0.3) is 11.8 Å². The van der Waals surface area contributed by atoms with Crippen molar-refractivity contribution < 1.29 is 9.59 Å². The van der Waals surface area contributed by atoms with E-state index in [1.807, 2.05) is 12.1 Å². The molecular weight excluding hydrogens is 569 g/mol. The van der Waals surface area contributed by atoms with Gasteiger partial charge in [-0.2, -0.15) is 0 Å². The summed E-state index contributed by atoms with van der Waals surface area (Å²) in [4.78, 5) is 33.1. The Kier molecular flexibility index (Phi) is 10.7. The number of nitrogens with one attached hydrogen (secondary N) is 2. The number of hydrogen-bond acceptors (Lipinski definition) is 5. The molecule has 40 heavy (non-hydrogen) atoms. The predicted molar refractivity (Wildman–Crippen MR) is 166 cm³/mol. The fourth-order valence-electron chi connectivity index (χ4n) is 4.57. The van der Waals surface area contributed by atoms with Crippen molar-refractivity contribution in [3.05, 3.63) is 92.4 Å². The third-order valence-corrected chi connectivity index (χ3v) is 7.69. The summed E-state index contributed by atoms with van der Waals surface area (Å²) in [5, 5.41) is 7.60. The highest BCUT2D eigenvalue weighted by Gasteiger charge is 2.22. The van der Waals surface area contributed by atoms with Crippen molar-refractivity contribution in [1.82, 2.24) is 15.1 Å². The van der Waals surface area contributed by atoms with Crippen LogP contribution >= 0.6 is 34.8 Å². The first-order chi connectivity index (χ1) is 19.2. The first-order valence-electron chi connectivity index (χ1n) is 13.2. The van der Waals surface area contributed by atoms with Gasteiger partial charge < -0.3 is 20.4 Å². The van der Waals surface area contributed by atoms with Crippen molar-refractivity contribution in [3.63, 3.8) is 0 Å². The molecule has 212 valence electrons. The largest absolute Gasteiger partial charge is 0.367 e. The van der Waals surface area contributed by atoms with Gasteiger partial charge in [-0.25, -0.2) is 0 Å². The Balaban J connectivity index is 1.49. The molecule has 0 atom stereocenters. The van der Waals surface area contributed by atoms with Gasteiger partial charge in [-0.1, -0.05) is 46.9 Å². The molecule has 0 saturated carbocycles. The lowest BCUT2D eigenvalue weighted by Crippen LogP contribution is -2.48. The summed E-state index contributed by atoms with van der Waals surface area (Å²) in [5.41, 5.74) is 3.27. The van der Waals surface area contributed by atoms with E-state index < -0.39 is 0 Å². The quantitative estimate of drug-likeness (QED) is 0.318. The van der Waals surface area contributed by atoms with Crippen LogP contribution < -0.4 is 15.5 Å². The molecule has 4 rings (SSSR count). The monoisotopic (exact) mass is 601 g/mol. The second-order valence-electron chi connectivity index (χ2n) is 10.1. The summed E-state index contributed by atoms with van der Waals surface area (Å²) in [5.74, 6) is -0.522. The minimum absolute atomic E-state index is 0.233. The Morgan fingerprint density at radius 1 is 0.850 bits per heavy atom. The first kappa shape index (κ1) is 30.2. The lowest BCUT2D eigenvalue weighted by molar-refractivity contribution is 0.0952. The first-order valence-corrected chi connectivity index (χ1v) is 14.4. The average Bonchev–Trinajstić information content (AvgIpc) is 2.93. The standard InChI is InChI=1S/C30H34Cl3N5O2/c1-36(2)12-13-37-14-16-38(17-15-37)28-9-7-23(19-27(28)35-30(40)22-4-3-5-24(31)18-22)29(39)34-11-10-21-6-8-25(32)20-26(21)33/h3-9,18-20H,10-17H2,1-2H3,(H,34,39)(H,35,40). The molecule has 0 spiro atoms. The zero-order valence-corrected chi connectivity index (χ0v) is 25.0. The molecule has 2 amide bonds. The molecule has 0 unspecified atom stereocenters. The number of hydrogen-bond donors (Lipinski definition) is 2. The second kappa shape index (κ2) is 14.2. The van der Waals surface area contributed by atoms with Gasteiger partial charge in [0.1, 0.15) is 0 Å². The van der Waals surface area contributed by atoms with Gasteiger partial charge in [0.05, 0.1) is 11.4 Å². The second-order valence-corrected chi connectivity index (χ2v) is 11.4. The summed E-state index contributed by atoms with van der Waals surface area (Å²) >= 11 is 18.4. The van der Waals surface area contributed by atoms with E-state index in [1.165, 1.54) is 0 Å². The van der Waals surface area contributed by atoms with Crippen LogP contribution in [-0.2, 0) is 6.42 Å². The van der Waals surface area contributed by atoms with Crippen LogP contribution in [-0.4, -0.2) is 81.5 Å². The van der Waals surface area contributed by atoms with E-state index >= 15 is 0 Å². The molecule has 1 heterocycles. The highest BCUT2D eigenvalue weighted by molar-refractivity contribution is 6.35. The van der Waals surface area contributed by atoms with Crippen LogP contribution in [0.3, 0.4) is 0 Å². The number of carbonyl (C=O) groups excluding carboxylic acids is 2. The molecule has 0 aromatic heterocycles. The topological polar surface area (TPSA) is 67.9 Å². The van der Waals surface area contributed by atoms with Crippen LogP contribution in [0.1, 0.15) is 26.3 Å². The van der Waals surface area contributed by atoms with Crippen LogP contribution in [0.15, 0.2) is 60.7 Å². The normalized spacial score (nSPS) is 13.9. The number of benzene rings is 3. The van der Waals surface area contributed by atoms with Crippen molar-refractivity contribution in [3.8, 4) is 0 Å². The number of carbonyl (C=O) groups is 2. The number of amides is 2. The van der Waals surface area contributed by atoms with Gasteiger partial charge in [0, 0.05) is 72.0 Å². The van der Waals surface area contributed by atoms with Crippen molar-refractivity contribution >= 4 is 58.0 Å². The molecule has 3 aromatic rings. The molecule has 7 nitrogen and oxygen atoms in total. The molecule has 1 aliphatic rings. The van der Waals surface area contributed by atoms with Crippen LogP contribution in [0, 0.1) is 0 Å². The van der Waals surface area contributed by atoms with Crippen molar-refractivity contribution in [2.24, 2.45) is 0 Å². The Labute approximate surface area is 251 Å². The van der Waals surface area contributed by atoms with E-state index in [1.54, 1.807) is 48.5 Å². The van der Waals surface area contributed by atoms with Crippen LogP contribution in [0.25, 0.3) is 0 Å². The van der Waals surface area contributed by atoms with Gasteiger partial charge in [-0.15, -0.1) is 0 Å². The third-order valence-electron chi connectivity index (χ3n) is 6.87. The number of anilines is 2. The summed E-state index contributed by atoms with van der Waals surface area (Å²) in [6.45, 7) is 5.91. The smallest absolute Gasteiger partial charge is 0.255 e. The fraction of sp³-hybridized carbons (Fsp3) is 0.333. The third kappa shape index (κ3) is 8.35. The van der Waals surface area contributed by atoms with Crippen molar-refractivity contribution in [2.45, 2.75) is 6.42 Å². The number of piperazine rings is 1. The van der Waals surface area contributed by atoms with Crippen molar-refractivity contribution in [2.75, 3.05) is 70.1 Å². The highest BCUT2D eigenvalue weighted by Crippen LogP contribution is 2.29. The lowest BCUT2D eigenvalue weighted by Gasteiger charge is -2.37. The number of halogens is 3. The summed E-state index contributed by atoms with van der Waals surface area (Å²) in [6.07, 6.45) is 0.566. The maximum absolute atomic E-state index is 13.1. The predicted octanol–water partition coefficient (Wildman–Crippen LogP) is 5.56. The number of nitrogens with zero attached hydrogens (tertiary/aromatic N) is 3. The number of likely N-dealkylation sites (N-methyl/N-ethyl adjacent to an activating group) is 1. The summed E-state index contributed by atoms with van der Waals surface area (Å²) in [6, 6.07) is 17.6. The minimum atomic E-state index is -0.289. The number of rotatable bonds is 10. The Bertz CT molecular complexity index is 1340. The zero-order valence-electron chi connectivity index (χ0n) is 22.7. The molecule has 1 aliphatic heterocycles. The molecule has 3 aromatic carbocycles. The molecule has 1 saturated heterocycles. The van der Waals surface area contributed by atoms with Crippen LogP contribution in [0.2, 0.25) is 15.1 Å². The molecule has 0 aliphatic carbocycles. The van der Waals surface area contributed by atoms with E-state index in [9.17, 15) is 9.59 Å². The fourth-order valence-corrected chi connectivity index (χ4v) is 5.26. The minimum Gasteiger partial charge on any atom is -0.367 e. The lowest BCUT2D eigenvalue weighted by atomic mass is 10.1. The molecule has 1 fully saturated rings. The van der Waals surface area contributed by atoms with E-state index in [0.717, 1.165) is 50.5 Å². The molecule has 2 N–H and O–H groups in total. The van der Waals surface area contributed by atoms with Gasteiger partial charge in [0.2, 0.25) is 0 Å². The summed E-state index contributed by atoms with van der Waals surface area (Å²) in [7, 11) is 4.16. The SMILES string of the molecule is CN(C)CCN1CCN(c2ccc(C(=O)NCCc3ccc(Cl)cc3Cl)cc2NC(=O)c2cccc(Cl)c2)CC1. The van der Waals surface area contributed by atoms with Gasteiger partial charge in [-0.05, 0) is 74.6 Å². The maximum atomic E-state index is 13.1. The molecule has 10 heteroatoms. The molecular formula is C30H34Cl3N5O2. The molecule has 0 radical (unpaired) electrons.